The maximum atomic E-state index is 12.7. The molecule has 2 heterocycles. The van der Waals surface area contributed by atoms with Gasteiger partial charge in [-0.3, -0.25) is 19.0 Å². The second-order valence-corrected chi connectivity index (χ2v) is 8.50. The van der Waals surface area contributed by atoms with Crippen LogP contribution >= 0.6 is 11.3 Å². The van der Waals surface area contributed by atoms with Gasteiger partial charge >= 0.3 is 0 Å². The van der Waals surface area contributed by atoms with Gasteiger partial charge in [0.15, 0.2) is 0 Å². The number of thiophene rings is 1. The average Bonchev–Trinajstić information content (AvgIpc) is 3.46. The highest BCUT2D eigenvalue weighted by Crippen LogP contribution is 2.25. The summed E-state index contributed by atoms with van der Waals surface area (Å²) in [5.74, 6) is -0.445. The number of hydrogen-bond acceptors (Lipinski definition) is 5. The molecule has 2 amide bonds. The van der Waals surface area contributed by atoms with Crippen LogP contribution in [0.15, 0.2) is 35.4 Å². The number of rotatable bonds is 6. The number of carbonyl (C=O) groups excluding carboxylic acids is 2. The summed E-state index contributed by atoms with van der Waals surface area (Å²) < 4.78 is 1.47. The van der Waals surface area contributed by atoms with Crippen molar-refractivity contribution in [2.75, 3.05) is 5.32 Å². The second-order valence-electron chi connectivity index (χ2n) is 7.30. The Morgan fingerprint density at radius 1 is 1.24 bits per heavy atom. The van der Waals surface area contributed by atoms with E-state index in [1.165, 1.54) is 22.2 Å². The van der Waals surface area contributed by atoms with Crippen molar-refractivity contribution in [3.8, 4) is 0 Å². The Morgan fingerprint density at radius 2 is 2.00 bits per heavy atom. The molecule has 1 aliphatic rings. The standard InChI is InChI=1S/C21H22N4O3S/c1-12-13(2)29-20-18(12)21(28)25(11-22-20)10-9-17(26)24-16-6-4-3-5-15(16)19(27)23-14-7-8-14/h3-6,11,14H,7-10H2,1-2H3,(H,23,27)(H,24,26). The molecule has 0 unspecified atom stereocenters. The normalized spacial score (nSPS) is 13.4. The molecule has 0 bridgehead atoms. The van der Waals surface area contributed by atoms with Crippen LogP contribution in [0.2, 0.25) is 0 Å². The van der Waals surface area contributed by atoms with Crippen LogP contribution in [-0.4, -0.2) is 27.4 Å². The fourth-order valence-electron chi connectivity index (χ4n) is 3.14. The molecule has 2 N–H and O–H groups in total. The van der Waals surface area contributed by atoms with Gasteiger partial charge in [-0.05, 0) is 44.4 Å². The van der Waals surface area contributed by atoms with Crippen LogP contribution in [0, 0.1) is 13.8 Å². The van der Waals surface area contributed by atoms with Crippen molar-refractivity contribution in [2.45, 2.75) is 45.7 Å². The van der Waals surface area contributed by atoms with E-state index in [0.717, 1.165) is 28.1 Å². The monoisotopic (exact) mass is 410 g/mol. The number of nitrogens with zero attached hydrogens (tertiary/aromatic N) is 2. The predicted molar refractivity (Wildman–Crippen MR) is 114 cm³/mol. The molecule has 29 heavy (non-hydrogen) atoms. The fourth-order valence-corrected chi connectivity index (χ4v) is 4.13. The Bertz CT molecular complexity index is 1160. The molecule has 7 nitrogen and oxygen atoms in total. The number of benzene rings is 1. The summed E-state index contributed by atoms with van der Waals surface area (Å²) in [7, 11) is 0. The minimum atomic E-state index is -0.262. The highest BCUT2D eigenvalue weighted by Gasteiger charge is 2.25. The van der Waals surface area contributed by atoms with Crippen LogP contribution in [0.3, 0.4) is 0 Å². The number of para-hydroxylation sites is 1. The SMILES string of the molecule is Cc1sc2ncn(CCC(=O)Nc3ccccc3C(=O)NC3CC3)c(=O)c2c1C. The highest BCUT2D eigenvalue weighted by atomic mass is 32.1. The van der Waals surface area contributed by atoms with Gasteiger partial charge in [0.1, 0.15) is 4.83 Å². The number of aryl methyl sites for hydroxylation is 3. The van der Waals surface area contributed by atoms with Crippen molar-refractivity contribution in [3.63, 3.8) is 0 Å². The number of anilines is 1. The van der Waals surface area contributed by atoms with E-state index in [0.29, 0.717) is 16.6 Å². The molecule has 1 aromatic carbocycles. The third kappa shape index (κ3) is 4.07. The van der Waals surface area contributed by atoms with Crippen LogP contribution in [0.4, 0.5) is 5.69 Å². The summed E-state index contributed by atoms with van der Waals surface area (Å²) >= 11 is 1.50. The highest BCUT2D eigenvalue weighted by molar-refractivity contribution is 7.18. The first-order valence-corrected chi connectivity index (χ1v) is 10.4. The zero-order chi connectivity index (χ0) is 20.5. The smallest absolute Gasteiger partial charge is 0.262 e. The summed E-state index contributed by atoms with van der Waals surface area (Å²) in [6, 6.07) is 7.18. The number of fused-ring (bicyclic) bond motifs is 1. The van der Waals surface area contributed by atoms with Gasteiger partial charge in [0.05, 0.1) is 23.0 Å². The topological polar surface area (TPSA) is 93.1 Å². The number of amides is 2. The van der Waals surface area contributed by atoms with Crippen molar-refractivity contribution >= 4 is 39.1 Å². The van der Waals surface area contributed by atoms with Gasteiger partial charge in [-0.25, -0.2) is 4.98 Å². The zero-order valence-electron chi connectivity index (χ0n) is 16.3. The first-order valence-electron chi connectivity index (χ1n) is 9.59. The summed E-state index contributed by atoms with van der Waals surface area (Å²) in [5.41, 5.74) is 1.73. The van der Waals surface area contributed by atoms with Crippen molar-refractivity contribution in [3.05, 3.63) is 57.0 Å². The lowest BCUT2D eigenvalue weighted by Gasteiger charge is -2.11. The molecule has 1 aliphatic carbocycles. The van der Waals surface area contributed by atoms with Gasteiger partial charge < -0.3 is 10.6 Å². The van der Waals surface area contributed by atoms with Gasteiger partial charge in [0, 0.05) is 23.9 Å². The fraction of sp³-hybridized carbons (Fsp3) is 0.333. The molecule has 4 rings (SSSR count). The molecular formula is C21H22N4O3S. The van der Waals surface area contributed by atoms with Crippen LogP contribution in [0.1, 0.15) is 40.1 Å². The van der Waals surface area contributed by atoms with Crippen molar-refractivity contribution in [2.24, 2.45) is 0 Å². The molecule has 1 fully saturated rings. The summed E-state index contributed by atoms with van der Waals surface area (Å²) in [6.45, 7) is 4.10. The summed E-state index contributed by atoms with van der Waals surface area (Å²) in [6.07, 6.45) is 3.59. The maximum Gasteiger partial charge on any atom is 0.262 e. The lowest BCUT2D eigenvalue weighted by molar-refractivity contribution is -0.116. The first kappa shape index (κ1) is 19.3. The molecule has 0 aliphatic heterocycles. The third-order valence-electron chi connectivity index (χ3n) is 5.09. The Morgan fingerprint density at radius 3 is 2.76 bits per heavy atom. The number of aromatic nitrogens is 2. The number of carbonyl (C=O) groups is 2. The van der Waals surface area contributed by atoms with Crippen LogP contribution < -0.4 is 16.2 Å². The van der Waals surface area contributed by atoms with Crippen LogP contribution in [-0.2, 0) is 11.3 Å². The van der Waals surface area contributed by atoms with E-state index >= 15 is 0 Å². The quantitative estimate of drug-likeness (QED) is 0.653. The molecule has 0 spiro atoms. The van der Waals surface area contributed by atoms with E-state index in [1.54, 1.807) is 24.3 Å². The lowest BCUT2D eigenvalue weighted by atomic mass is 10.1. The molecule has 0 atom stereocenters. The van der Waals surface area contributed by atoms with Crippen molar-refractivity contribution in [1.82, 2.24) is 14.9 Å². The van der Waals surface area contributed by atoms with E-state index < -0.39 is 0 Å². The number of hydrogen-bond donors (Lipinski definition) is 2. The molecule has 1 saturated carbocycles. The molecule has 0 radical (unpaired) electrons. The van der Waals surface area contributed by atoms with Gasteiger partial charge in [-0.1, -0.05) is 12.1 Å². The molecule has 8 heteroatoms. The summed E-state index contributed by atoms with van der Waals surface area (Å²) in [4.78, 5) is 43.7. The van der Waals surface area contributed by atoms with Gasteiger partial charge in [-0.15, -0.1) is 11.3 Å². The van der Waals surface area contributed by atoms with Crippen LogP contribution in [0.25, 0.3) is 10.2 Å². The molecular weight excluding hydrogens is 388 g/mol. The van der Waals surface area contributed by atoms with E-state index in [9.17, 15) is 14.4 Å². The lowest BCUT2D eigenvalue weighted by Crippen LogP contribution is -2.27. The Hall–Kier alpha value is -3.00. The predicted octanol–water partition coefficient (Wildman–Crippen LogP) is 3.00. The third-order valence-corrected chi connectivity index (χ3v) is 6.21. The van der Waals surface area contributed by atoms with Crippen molar-refractivity contribution in [1.29, 1.82) is 0 Å². The largest absolute Gasteiger partial charge is 0.349 e. The molecule has 3 aromatic rings. The zero-order valence-corrected chi connectivity index (χ0v) is 17.1. The molecule has 2 aromatic heterocycles. The summed E-state index contributed by atoms with van der Waals surface area (Å²) in [5, 5.41) is 6.35. The van der Waals surface area contributed by atoms with Crippen LogP contribution in [0.5, 0.6) is 0 Å². The minimum Gasteiger partial charge on any atom is -0.349 e. The second kappa shape index (κ2) is 7.79. The first-order chi connectivity index (χ1) is 13.9. The Kier molecular flexibility index (Phi) is 5.19. The average molecular weight is 410 g/mol. The van der Waals surface area contributed by atoms with E-state index in [-0.39, 0.29) is 36.4 Å². The molecule has 0 saturated heterocycles. The van der Waals surface area contributed by atoms with E-state index in [4.69, 9.17) is 0 Å². The van der Waals surface area contributed by atoms with E-state index in [1.807, 2.05) is 13.8 Å². The Balaban J connectivity index is 1.45. The van der Waals surface area contributed by atoms with Gasteiger partial charge in [0.25, 0.3) is 11.5 Å². The maximum absolute atomic E-state index is 12.7. The van der Waals surface area contributed by atoms with Crippen molar-refractivity contribution < 1.29 is 9.59 Å². The number of nitrogens with one attached hydrogen (secondary N) is 2. The van der Waals surface area contributed by atoms with Gasteiger partial charge in [0.2, 0.25) is 5.91 Å². The minimum absolute atomic E-state index is 0.105. The van der Waals surface area contributed by atoms with Gasteiger partial charge in [-0.2, -0.15) is 0 Å². The molecule has 150 valence electrons. The Labute approximate surface area is 171 Å². The van der Waals surface area contributed by atoms with E-state index in [2.05, 4.69) is 15.6 Å².